The second-order valence-electron chi connectivity index (χ2n) is 6.90. The second-order valence-corrected chi connectivity index (χ2v) is 6.90. The van der Waals surface area contributed by atoms with Crippen molar-refractivity contribution in [2.45, 2.75) is 12.6 Å². The maximum absolute atomic E-state index is 13.0. The fourth-order valence-electron chi connectivity index (χ4n) is 3.70. The van der Waals surface area contributed by atoms with E-state index in [0.29, 0.717) is 16.9 Å². The maximum Gasteiger partial charge on any atom is 0.295 e. The number of ketones is 1. The van der Waals surface area contributed by atoms with Gasteiger partial charge in [-0.25, -0.2) is 0 Å². The number of Topliss-reactive ketones (excluding diaryl/α,β-unsaturated/α-hetero) is 1. The molecule has 1 amide bonds. The van der Waals surface area contributed by atoms with Gasteiger partial charge in [0.15, 0.2) is 0 Å². The minimum absolute atomic E-state index is 0.0413. The third kappa shape index (κ3) is 3.43. The standard InChI is InChI=1S/C24H20N2O4/c1-30-19-12-6-5-11-18(19)21-20(22(27)17-9-3-2-4-10-17)23(28)24(29)26(21)15-16-8-7-13-25-14-16/h2-14,21,27H,15H2,1H3/t21-/m1/s1. The summed E-state index contributed by atoms with van der Waals surface area (Å²) in [6, 6.07) is 18.7. The highest BCUT2D eigenvalue weighted by molar-refractivity contribution is 6.46. The van der Waals surface area contributed by atoms with Crippen LogP contribution in [-0.4, -0.2) is 33.8 Å². The van der Waals surface area contributed by atoms with Gasteiger partial charge in [0.25, 0.3) is 11.7 Å². The highest BCUT2D eigenvalue weighted by Gasteiger charge is 2.47. The van der Waals surface area contributed by atoms with Gasteiger partial charge < -0.3 is 14.7 Å². The first kappa shape index (κ1) is 19.4. The number of hydrogen-bond donors (Lipinski definition) is 1. The molecule has 4 rings (SSSR count). The Morgan fingerprint density at radius 3 is 2.47 bits per heavy atom. The Balaban J connectivity index is 1.90. The van der Waals surface area contributed by atoms with Gasteiger partial charge in [-0.3, -0.25) is 14.6 Å². The predicted molar refractivity (Wildman–Crippen MR) is 112 cm³/mol. The van der Waals surface area contributed by atoms with E-state index in [1.54, 1.807) is 54.9 Å². The number of methoxy groups -OCH3 is 1. The third-order valence-electron chi connectivity index (χ3n) is 5.10. The fourth-order valence-corrected chi connectivity index (χ4v) is 3.70. The van der Waals surface area contributed by atoms with Crippen molar-refractivity contribution >= 4 is 17.4 Å². The summed E-state index contributed by atoms with van der Waals surface area (Å²) in [4.78, 5) is 31.6. The summed E-state index contributed by atoms with van der Waals surface area (Å²) >= 11 is 0. The average Bonchev–Trinajstić information content (AvgIpc) is 3.04. The molecule has 0 radical (unpaired) electrons. The van der Waals surface area contributed by atoms with E-state index in [2.05, 4.69) is 4.98 Å². The van der Waals surface area contributed by atoms with Crippen LogP contribution in [-0.2, 0) is 16.1 Å². The van der Waals surface area contributed by atoms with Crippen molar-refractivity contribution in [3.05, 3.63) is 101 Å². The molecule has 6 nitrogen and oxygen atoms in total. The molecule has 30 heavy (non-hydrogen) atoms. The molecule has 1 saturated heterocycles. The van der Waals surface area contributed by atoms with Gasteiger partial charge in [-0.2, -0.15) is 0 Å². The number of carbonyl (C=O) groups is 2. The minimum atomic E-state index is -0.790. The zero-order valence-corrected chi connectivity index (χ0v) is 16.4. The molecule has 0 bridgehead atoms. The number of para-hydroxylation sites is 1. The van der Waals surface area contributed by atoms with Crippen LogP contribution in [0.1, 0.15) is 22.7 Å². The van der Waals surface area contributed by atoms with Crippen molar-refractivity contribution in [3.8, 4) is 5.75 Å². The highest BCUT2D eigenvalue weighted by atomic mass is 16.5. The molecule has 1 aliphatic rings. The average molecular weight is 400 g/mol. The maximum atomic E-state index is 13.0. The fraction of sp³-hybridized carbons (Fsp3) is 0.125. The minimum Gasteiger partial charge on any atom is -0.507 e. The van der Waals surface area contributed by atoms with Crippen LogP contribution in [0.2, 0.25) is 0 Å². The first-order valence-electron chi connectivity index (χ1n) is 9.47. The molecule has 0 aliphatic carbocycles. The van der Waals surface area contributed by atoms with E-state index in [9.17, 15) is 14.7 Å². The second kappa shape index (κ2) is 8.21. The number of benzene rings is 2. The number of nitrogens with zero attached hydrogens (tertiary/aromatic N) is 2. The Labute approximate surface area is 174 Å². The number of aliphatic hydroxyl groups is 1. The SMILES string of the molecule is COc1ccccc1[C@@H]1C(=C(O)c2ccccc2)C(=O)C(=O)N1Cc1cccnc1. The Hall–Kier alpha value is -3.93. The number of likely N-dealkylation sites (tertiary alicyclic amines) is 1. The van der Waals surface area contributed by atoms with E-state index in [0.717, 1.165) is 5.56 Å². The van der Waals surface area contributed by atoms with Gasteiger partial charge in [-0.05, 0) is 17.7 Å². The van der Waals surface area contributed by atoms with Crippen LogP contribution in [0.4, 0.5) is 0 Å². The molecule has 2 aromatic carbocycles. The Kier molecular flexibility index (Phi) is 5.30. The number of carbonyl (C=O) groups excluding carboxylic acids is 2. The van der Waals surface area contributed by atoms with Crippen molar-refractivity contribution in [3.63, 3.8) is 0 Å². The Bertz CT molecular complexity index is 1110. The van der Waals surface area contributed by atoms with Crippen molar-refractivity contribution in [1.29, 1.82) is 0 Å². The van der Waals surface area contributed by atoms with Gasteiger partial charge in [-0.1, -0.05) is 54.6 Å². The van der Waals surface area contributed by atoms with Crippen LogP contribution in [0.5, 0.6) is 5.75 Å². The molecule has 0 spiro atoms. The van der Waals surface area contributed by atoms with E-state index in [1.807, 2.05) is 24.3 Å². The van der Waals surface area contributed by atoms with Crippen LogP contribution in [0.3, 0.4) is 0 Å². The molecule has 1 fully saturated rings. The molecule has 1 aliphatic heterocycles. The number of ether oxygens (including phenoxy) is 1. The first-order valence-corrected chi connectivity index (χ1v) is 9.47. The van der Waals surface area contributed by atoms with Gasteiger partial charge in [0.05, 0.1) is 18.7 Å². The van der Waals surface area contributed by atoms with Crippen LogP contribution in [0, 0.1) is 0 Å². The lowest BCUT2D eigenvalue weighted by Gasteiger charge is -2.26. The lowest BCUT2D eigenvalue weighted by atomic mass is 9.94. The Morgan fingerprint density at radius 1 is 1.03 bits per heavy atom. The number of rotatable bonds is 5. The van der Waals surface area contributed by atoms with Crippen LogP contribution in [0.15, 0.2) is 84.7 Å². The topological polar surface area (TPSA) is 79.7 Å². The summed E-state index contributed by atoms with van der Waals surface area (Å²) < 4.78 is 5.49. The quantitative estimate of drug-likeness (QED) is 0.401. The van der Waals surface area contributed by atoms with Gasteiger partial charge in [-0.15, -0.1) is 0 Å². The summed E-state index contributed by atoms with van der Waals surface area (Å²) in [5, 5.41) is 11.0. The number of aliphatic hydroxyl groups excluding tert-OH is 1. The molecule has 0 unspecified atom stereocenters. The molecular formula is C24H20N2O4. The Morgan fingerprint density at radius 2 is 1.77 bits per heavy atom. The van der Waals surface area contributed by atoms with E-state index in [4.69, 9.17) is 4.74 Å². The molecule has 6 heteroatoms. The monoisotopic (exact) mass is 400 g/mol. The number of amides is 1. The molecular weight excluding hydrogens is 380 g/mol. The van der Waals surface area contributed by atoms with Crippen LogP contribution < -0.4 is 4.74 Å². The van der Waals surface area contributed by atoms with Crippen molar-refractivity contribution < 1.29 is 19.4 Å². The summed E-state index contributed by atoms with van der Waals surface area (Å²) in [7, 11) is 1.53. The smallest absolute Gasteiger partial charge is 0.295 e. The molecule has 150 valence electrons. The lowest BCUT2D eigenvalue weighted by molar-refractivity contribution is -0.140. The zero-order chi connectivity index (χ0) is 21.1. The number of aromatic nitrogens is 1. The molecule has 1 atom stereocenters. The first-order chi connectivity index (χ1) is 14.6. The van der Waals surface area contributed by atoms with Gasteiger partial charge in [0.1, 0.15) is 11.5 Å². The number of hydrogen-bond acceptors (Lipinski definition) is 5. The van der Waals surface area contributed by atoms with Crippen molar-refractivity contribution in [1.82, 2.24) is 9.88 Å². The van der Waals surface area contributed by atoms with E-state index in [1.165, 1.54) is 12.0 Å². The summed E-state index contributed by atoms with van der Waals surface area (Å²) in [5.41, 5.74) is 1.91. The predicted octanol–water partition coefficient (Wildman–Crippen LogP) is 3.71. The molecule has 0 saturated carbocycles. The molecule has 1 aromatic heterocycles. The highest BCUT2D eigenvalue weighted by Crippen LogP contribution is 2.43. The largest absolute Gasteiger partial charge is 0.507 e. The van der Waals surface area contributed by atoms with Crippen molar-refractivity contribution in [2.75, 3.05) is 7.11 Å². The van der Waals surface area contributed by atoms with E-state index >= 15 is 0 Å². The summed E-state index contributed by atoms with van der Waals surface area (Å²) in [6.07, 6.45) is 3.29. The van der Waals surface area contributed by atoms with E-state index in [-0.39, 0.29) is 17.9 Å². The van der Waals surface area contributed by atoms with Crippen molar-refractivity contribution in [2.24, 2.45) is 0 Å². The molecule has 3 aromatic rings. The lowest BCUT2D eigenvalue weighted by Crippen LogP contribution is -2.29. The molecule has 1 N–H and O–H groups in total. The summed E-state index contributed by atoms with van der Waals surface area (Å²) in [5.74, 6) is -1.08. The van der Waals surface area contributed by atoms with Gasteiger partial charge >= 0.3 is 0 Å². The van der Waals surface area contributed by atoms with Crippen LogP contribution >= 0.6 is 0 Å². The van der Waals surface area contributed by atoms with Gasteiger partial charge in [0.2, 0.25) is 0 Å². The summed E-state index contributed by atoms with van der Waals surface area (Å²) in [6.45, 7) is 0.173. The number of pyridine rings is 1. The molecule has 2 heterocycles. The van der Waals surface area contributed by atoms with Crippen LogP contribution in [0.25, 0.3) is 5.76 Å². The normalized spacial score (nSPS) is 17.9. The third-order valence-corrected chi connectivity index (χ3v) is 5.10. The van der Waals surface area contributed by atoms with E-state index < -0.39 is 17.7 Å². The zero-order valence-electron chi connectivity index (χ0n) is 16.4. The van der Waals surface area contributed by atoms with Gasteiger partial charge in [0, 0.05) is 30.1 Å².